The zero-order valence-corrected chi connectivity index (χ0v) is 28.2. The monoisotopic (exact) mass is 642 g/mol. The van der Waals surface area contributed by atoms with Gasteiger partial charge < -0.3 is 23.4 Å². The van der Waals surface area contributed by atoms with Crippen molar-refractivity contribution in [2.24, 2.45) is 33.5 Å². The van der Waals surface area contributed by atoms with Crippen LogP contribution in [0, 0.1) is 33.5 Å². The van der Waals surface area contributed by atoms with Gasteiger partial charge >= 0.3 is 17.9 Å². The number of esters is 3. The molecule has 7 rings (SSSR count). The number of carbonyl (C=O) groups excluding carboxylic acids is 3. The largest absolute Gasteiger partial charge is 0.472 e. The van der Waals surface area contributed by atoms with E-state index in [1.165, 1.54) is 31.1 Å². The van der Waals surface area contributed by atoms with Crippen LogP contribution in [0.15, 0.2) is 71.1 Å². The van der Waals surface area contributed by atoms with Gasteiger partial charge in [-0.15, -0.1) is 0 Å². The average Bonchev–Trinajstić information content (AvgIpc) is 3.75. The molecule has 250 valence electrons. The molecule has 4 fully saturated rings. The van der Waals surface area contributed by atoms with E-state index in [4.69, 9.17) is 23.4 Å². The van der Waals surface area contributed by atoms with Crippen LogP contribution in [-0.2, 0) is 33.3 Å². The second kappa shape index (κ2) is 11.2. The predicted molar refractivity (Wildman–Crippen MR) is 174 cm³/mol. The van der Waals surface area contributed by atoms with Gasteiger partial charge in [0.2, 0.25) is 0 Å². The smallest absolute Gasteiger partial charge is 0.331 e. The van der Waals surface area contributed by atoms with Crippen LogP contribution in [0.5, 0.6) is 0 Å². The minimum absolute atomic E-state index is 0.0155. The van der Waals surface area contributed by atoms with Gasteiger partial charge in [0.15, 0.2) is 0 Å². The van der Waals surface area contributed by atoms with E-state index < -0.39 is 46.6 Å². The number of benzene rings is 1. The minimum Gasteiger partial charge on any atom is -0.472 e. The number of furan rings is 1. The fourth-order valence-electron chi connectivity index (χ4n) is 11.3. The summed E-state index contributed by atoms with van der Waals surface area (Å²) in [5.74, 6) is -1.16. The standard InChI is InChI=1S/C39H46O8/c1-23(40)45-30-20-31(46-24(2)41)39(6)29-16-18-36(3)27(26-17-19-43-21-26)13-14-28(36)38(29,5)35(33-34(39)37(30,4)22-44-33)47-32(42)15-12-25-10-8-7-9-11-25/h7-12,14-15,17,19,21,27,29-31,33-35H,13,16,18,20,22H2,1-6H3/b15-12+/t27-,29?,30+,31-,33+,34?,35+,36-,37+,38-,39-/m0/s1. The molecule has 1 saturated heterocycles. The lowest BCUT2D eigenvalue weighted by atomic mass is 9.36. The summed E-state index contributed by atoms with van der Waals surface area (Å²) in [6.07, 6.45) is 10.1. The molecule has 5 aliphatic rings. The van der Waals surface area contributed by atoms with Crippen molar-refractivity contribution in [1.82, 2.24) is 0 Å². The minimum atomic E-state index is -0.629. The molecule has 0 amide bonds. The van der Waals surface area contributed by atoms with E-state index in [9.17, 15) is 14.4 Å². The lowest BCUT2D eigenvalue weighted by molar-refractivity contribution is -0.265. The predicted octanol–water partition coefficient (Wildman–Crippen LogP) is 7.05. The first-order valence-electron chi connectivity index (χ1n) is 17.0. The number of rotatable bonds is 6. The zero-order chi connectivity index (χ0) is 33.4. The lowest BCUT2D eigenvalue weighted by Crippen LogP contribution is -2.73. The molecular weight excluding hydrogens is 596 g/mol. The molecule has 4 aliphatic carbocycles. The third-order valence-electron chi connectivity index (χ3n) is 13.0. The second-order valence-electron chi connectivity index (χ2n) is 15.4. The fourth-order valence-corrected chi connectivity index (χ4v) is 11.3. The first-order chi connectivity index (χ1) is 22.3. The van der Waals surface area contributed by atoms with Gasteiger partial charge in [0, 0.05) is 48.5 Å². The molecule has 8 nitrogen and oxygen atoms in total. The molecule has 0 radical (unpaired) electrons. The molecule has 1 aromatic heterocycles. The average molecular weight is 643 g/mol. The van der Waals surface area contributed by atoms with Crippen LogP contribution in [0.3, 0.4) is 0 Å². The summed E-state index contributed by atoms with van der Waals surface area (Å²) in [5, 5.41) is 0. The molecule has 0 spiro atoms. The Bertz CT molecular complexity index is 1610. The summed E-state index contributed by atoms with van der Waals surface area (Å²) in [6, 6.07) is 11.7. The van der Waals surface area contributed by atoms with Crippen LogP contribution >= 0.6 is 0 Å². The van der Waals surface area contributed by atoms with Gasteiger partial charge in [-0.3, -0.25) is 9.59 Å². The number of carbonyl (C=O) groups is 3. The Labute approximate surface area is 276 Å². The molecule has 3 saturated carbocycles. The van der Waals surface area contributed by atoms with E-state index in [-0.39, 0.29) is 35.1 Å². The number of fused-ring (bicyclic) bond motifs is 4. The highest BCUT2D eigenvalue weighted by atomic mass is 16.6. The molecular formula is C39H46O8. The maximum Gasteiger partial charge on any atom is 0.331 e. The Kier molecular flexibility index (Phi) is 7.62. The number of ether oxygens (including phenoxy) is 4. The molecule has 11 atom stereocenters. The van der Waals surface area contributed by atoms with Gasteiger partial charge in [-0.05, 0) is 59.8 Å². The van der Waals surface area contributed by atoms with Crippen molar-refractivity contribution in [2.45, 2.75) is 97.6 Å². The Balaban J connectivity index is 1.36. The third-order valence-corrected chi connectivity index (χ3v) is 13.0. The van der Waals surface area contributed by atoms with Gasteiger partial charge in [-0.25, -0.2) is 4.79 Å². The Morgan fingerprint density at radius 2 is 1.66 bits per heavy atom. The summed E-state index contributed by atoms with van der Waals surface area (Å²) in [4.78, 5) is 38.9. The quantitative estimate of drug-likeness (QED) is 0.143. The normalized spacial score (nSPS) is 41.7. The maximum atomic E-state index is 13.8. The van der Waals surface area contributed by atoms with Gasteiger partial charge in [-0.1, -0.05) is 69.7 Å². The highest BCUT2D eigenvalue weighted by molar-refractivity contribution is 5.87. The zero-order valence-electron chi connectivity index (χ0n) is 28.2. The van der Waals surface area contributed by atoms with Crippen molar-refractivity contribution in [2.75, 3.05) is 6.61 Å². The van der Waals surface area contributed by atoms with Crippen molar-refractivity contribution in [1.29, 1.82) is 0 Å². The van der Waals surface area contributed by atoms with E-state index in [1.54, 1.807) is 12.3 Å². The van der Waals surface area contributed by atoms with Crippen molar-refractivity contribution in [3.8, 4) is 0 Å². The summed E-state index contributed by atoms with van der Waals surface area (Å²) in [7, 11) is 0. The molecule has 2 unspecified atom stereocenters. The van der Waals surface area contributed by atoms with E-state index in [1.807, 2.05) is 36.6 Å². The van der Waals surface area contributed by atoms with Crippen LogP contribution in [0.1, 0.15) is 84.3 Å². The Morgan fingerprint density at radius 3 is 2.34 bits per heavy atom. The topological polar surface area (TPSA) is 101 Å². The molecule has 1 aromatic carbocycles. The van der Waals surface area contributed by atoms with Crippen LogP contribution < -0.4 is 0 Å². The van der Waals surface area contributed by atoms with Crippen molar-refractivity contribution < 1.29 is 37.7 Å². The summed E-state index contributed by atoms with van der Waals surface area (Å²) >= 11 is 0. The van der Waals surface area contributed by atoms with Gasteiger partial charge in [0.25, 0.3) is 0 Å². The number of allylic oxidation sites excluding steroid dienone is 1. The van der Waals surface area contributed by atoms with Gasteiger partial charge in [0.05, 0.1) is 25.2 Å². The van der Waals surface area contributed by atoms with Crippen LogP contribution in [-0.4, -0.2) is 48.9 Å². The van der Waals surface area contributed by atoms with Crippen molar-refractivity contribution in [3.63, 3.8) is 0 Å². The van der Waals surface area contributed by atoms with Crippen molar-refractivity contribution in [3.05, 3.63) is 77.8 Å². The highest BCUT2D eigenvalue weighted by Crippen LogP contribution is 2.76. The molecule has 8 heteroatoms. The van der Waals surface area contributed by atoms with Crippen LogP contribution in [0.2, 0.25) is 0 Å². The number of hydrogen-bond acceptors (Lipinski definition) is 8. The SMILES string of the molecule is CC(=O)O[C@H]1C[C@@H](OC(C)=O)[C@@]2(C)CO[C@@H]3C2[C@@]1(C)C1CC[C@]2(C)C(=CC[C@H]2c2ccoc2)[C@]1(C)[C@@H]3OC(=O)/C=C/c1ccccc1. The summed E-state index contributed by atoms with van der Waals surface area (Å²) in [6.45, 7) is 12.2. The van der Waals surface area contributed by atoms with Crippen LogP contribution in [0.25, 0.3) is 6.08 Å². The van der Waals surface area contributed by atoms with E-state index in [0.717, 1.165) is 24.8 Å². The highest BCUT2D eigenvalue weighted by Gasteiger charge is 2.78. The second-order valence-corrected chi connectivity index (χ2v) is 15.4. The molecule has 47 heavy (non-hydrogen) atoms. The lowest BCUT2D eigenvalue weighted by Gasteiger charge is -2.69. The summed E-state index contributed by atoms with van der Waals surface area (Å²) < 4.78 is 31.2. The molecule has 2 heterocycles. The third kappa shape index (κ3) is 4.68. The van der Waals surface area contributed by atoms with E-state index in [0.29, 0.717) is 13.0 Å². The van der Waals surface area contributed by atoms with Gasteiger partial charge in [0.1, 0.15) is 18.3 Å². The van der Waals surface area contributed by atoms with E-state index in [2.05, 4.69) is 39.8 Å². The fraction of sp³-hybridized carbons (Fsp3) is 0.564. The Hall–Kier alpha value is -3.65. The summed E-state index contributed by atoms with van der Waals surface area (Å²) in [5.41, 5.74) is 1.40. The maximum absolute atomic E-state index is 13.8. The van der Waals surface area contributed by atoms with Gasteiger partial charge in [-0.2, -0.15) is 0 Å². The molecule has 0 N–H and O–H groups in total. The Morgan fingerprint density at radius 1 is 0.936 bits per heavy atom. The number of hydrogen-bond donors (Lipinski definition) is 0. The molecule has 2 aromatic rings. The van der Waals surface area contributed by atoms with Crippen molar-refractivity contribution >= 4 is 24.0 Å². The van der Waals surface area contributed by atoms with Crippen LogP contribution in [0.4, 0.5) is 0 Å². The van der Waals surface area contributed by atoms with E-state index >= 15 is 0 Å². The first-order valence-corrected chi connectivity index (χ1v) is 17.0. The first kappa shape index (κ1) is 31.9. The molecule has 0 bridgehead atoms. The molecule has 1 aliphatic heterocycles.